The maximum Gasteiger partial charge on any atom is 0.246 e. The first-order valence-corrected chi connectivity index (χ1v) is 8.44. The summed E-state index contributed by atoms with van der Waals surface area (Å²) < 4.78 is 1.65. The number of hydrogen-bond donors (Lipinski definition) is 1. The molecule has 0 aliphatic heterocycles. The Balaban J connectivity index is 1.62. The minimum Gasteiger partial charge on any atom is -0.324 e. The molecule has 1 aromatic heterocycles. The number of anilines is 1. The number of fused-ring (bicyclic) bond motifs is 1. The van der Waals surface area contributed by atoms with Crippen LogP contribution in [0, 0.1) is 6.92 Å². The first kappa shape index (κ1) is 16.0. The molecule has 0 aliphatic carbocycles. The quantitative estimate of drug-likeness (QED) is 0.609. The molecule has 0 spiro atoms. The Morgan fingerprint density at radius 2 is 1.69 bits per heavy atom. The summed E-state index contributed by atoms with van der Waals surface area (Å²) in [5.41, 5.74) is 1.71. The second kappa shape index (κ2) is 6.80. The second-order valence-corrected chi connectivity index (χ2v) is 6.12. The molecular weight excluding hydrogens is 324 g/mol. The van der Waals surface area contributed by atoms with E-state index in [1.54, 1.807) is 4.68 Å². The first-order valence-electron chi connectivity index (χ1n) is 8.44. The largest absolute Gasteiger partial charge is 0.324 e. The van der Waals surface area contributed by atoms with Gasteiger partial charge in [0, 0.05) is 11.3 Å². The van der Waals surface area contributed by atoms with Gasteiger partial charge in [-0.25, -0.2) is 9.67 Å². The van der Waals surface area contributed by atoms with Crippen LogP contribution in [0.5, 0.6) is 0 Å². The zero-order valence-electron chi connectivity index (χ0n) is 14.4. The van der Waals surface area contributed by atoms with Crippen LogP contribution in [-0.2, 0) is 11.3 Å². The molecule has 0 atom stereocenters. The summed E-state index contributed by atoms with van der Waals surface area (Å²) >= 11 is 0. The fourth-order valence-electron chi connectivity index (χ4n) is 2.97. The molecule has 0 saturated heterocycles. The Labute approximate surface area is 151 Å². The molecule has 0 saturated carbocycles. The topological polar surface area (TPSA) is 59.8 Å². The minimum absolute atomic E-state index is 0.109. The number of hydrogen-bond acceptors (Lipinski definition) is 3. The van der Waals surface area contributed by atoms with E-state index in [1.807, 2.05) is 55.5 Å². The van der Waals surface area contributed by atoms with Gasteiger partial charge in [0.2, 0.25) is 5.91 Å². The summed E-state index contributed by atoms with van der Waals surface area (Å²) in [5.74, 6) is 1.19. The lowest BCUT2D eigenvalue weighted by atomic mass is 10.1. The number of carbonyl (C=O) groups is 1. The zero-order valence-corrected chi connectivity index (χ0v) is 14.4. The van der Waals surface area contributed by atoms with E-state index in [2.05, 4.69) is 39.7 Å². The molecular formula is C21H18N4O. The highest BCUT2D eigenvalue weighted by Gasteiger charge is 2.13. The maximum atomic E-state index is 12.4. The Hall–Kier alpha value is -3.47. The van der Waals surface area contributed by atoms with Gasteiger partial charge in [-0.3, -0.25) is 4.79 Å². The normalized spacial score (nSPS) is 10.8. The van der Waals surface area contributed by atoms with E-state index in [4.69, 9.17) is 0 Å². The molecule has 1 N–H and O–H groups in total. The fourth-order valence-corrected chi connectivity index (χ4v) is 2.97. The minimum atomic E-state index is -0.136. The molecule has 1 amide bonds. The molecule has 128 valence electrons. The number of nitrogens with zero attached hydrogens (tertiary/aromatic N) is 3. The molecule has 5 nitrogen and oxygen atoms in total. The van der Waals surface area contributed by atoms with E-state index in [1.165, 1.54) is 5.39 Å². The third kappa shape index (κ3) is 3.32. The SMILES string of the molecule is Cc1nc(-c2ccc3ccccc3c2)n(CC(=O)Nc2ccccc2)n1. The number of nitrogens with one attached hydrogen (secondary N) is 1. The van der Waals surface area contributed by atoms with Crippen LogP contribution in [0.3, 0.4) is 0 Å². The molecule has 0 fully saturated rings. The van der Waals surface area contributed by atoms with E-state index in [0.29, 0.717) is 11.6 Å². The van der Waals surface area contributed by atoms with Gasteiger partial charge in [0.15, 0.2) is 5.82 Å². The number of benzene rings is 3. The van der Waals surface area contributed by atoms with Crippen molar-refractivity contribution in [3.8, 4) is 11.4 Å². The number of rotatable bonds is 4. The van der Waals surface area contributed by atoms with Gasteiger partial charge >= 0.3 is 0 Å². The maximum absolute atomic E-state index is 12.4. The van der Waals surface area contributed by atoms with Crippen LogP contribution in [0.1, 0.15) is 5.82 Å². The molecule has 1 heterocycles. The number of amides is 1. The van der Waals surface area contributed by atoms with Crippen LogP contribution < -0.4 is 5.32 Å². The molecule has 0 radical (unpaired) electrons. The predicted molar refractivity (Wildman–Crippen MR) is 103 cm³/mol. The average molecular weight is 342 g/mol. The van der Waals surface area contributed by atoms with Gasteiger partial charge < -0.3 is 5.32 Å². The van der Waals surface area contributed by atoms with E-state index >= 15 is 0 Å². The predicted octanol–water partition coefficient (Wildman–Crippen LogP) is 4.05. The van der Waals surface area contributed by atoms with Gasteiger partial charge in [-0.1, -0.05) is 54.6 Å². The monoisotopic (exact) mass is 342 g/mol. The summed E-state index contributed by atoms with van der Waals surface area (Å²) in [5, 5.41) is 9.57. The van der Waals surface area contributed by atoms with Crippen molar-refractivity contribution in [1.82, 2.24) is 14.8 Å². The third-order valence-electron chi connectivity index (χ3n) is 4.14. The number of aryl methyl sites for hydroxylation is 1. The van der Waals surface area contributed by atoms with Crippen molar-refractivity contribution in [3.05, 3.63) is 78.6 Å². The van der Waals surface area contributed by atoms with E-state index in [9.17, 15) is 4.79 Å². The van der Waals surface area contributed by atoms with E-state index in [-0.39, 0.29) is 12.5 Å². The molecule has 3 aromatic carbocycles. The molecule has 26 heavy (non-hydrogen) atoms. The van der Waals surface area contributed by atoms with Gasteiger partial charge in [-0.2, -0.15) is 5.10 Å². The van der Waals surface area contributed by atoms with Crippen molar-refractivity contribution >= 4 is 22.4 Å². The van der Waals surface area contributed by atoms with Crippen molar-refractivity contribution < 1.29 is 4.79 Å². The smallest absolute Gasteiger partial charge is 0.246 e. The molecule has 4 aromatic rings. The van der Waals surface area contributed by atoms with Crippen LogP contribution in [-0.4, -0.2) is 20.7 Å². The Bertz CT molecular complexity index is 1070. The highest BCUT2D eigenvalue weighted by Crippen LogP contribution is 2.23. The molecule has 4 rings (SSSR count). The van der Waals surface area contributed by atoms with Crippen LogP contribution in [0.15, 0.2) is 72.8 Å². The number of para-hydroxylation sites is 1. The lowest BCUT2D eigenvalue weighted by Gasteiger charge is -2.08. The summed E-state index contributed by atoms with van der Waals surface area (Å²) in [6, 6.07) is 23.7. The van der Waals surface area contributed by atoms with Crippen LogP contribution in [0.25, 0.3) is 22.2 Å². The van der Waals surface area contributed by atoms with Crippen LogP contribution >= 0.6 is 0 Å². The van der Waals surface area contributed by atoms with Gasteiger partial charge in [-0.05, 0) is 35.9 Å². The summed E-state index contributed by atoms with van der Waals surface area (Å²) in [6.45, 7) is 1.94. The Morgan fingerprint density at radius 1 is 0.962 bits per heavy atom. The van der Waals surface area contributed by atoms with E-state index in [0.717, 1.165) is 16.6 Å². The standard InChI is InChI=1S/C21H18N4O/c1-15-22-21(18-12-11-16-7-5-6-8-17(16)13-18)25(24-15)14-20(26)23-19-9-3-2-4-10-19/h2-13H,14H2,1H3,(H,23,26). The van der Waals surface area contributed by atoms with Crippen LogP contribution in [0.4, 0.5) is 5.69 Å². The molecule has 0 aliphatic rings. The van der Waals surface area contributed by atoms with Gasteiger partial charge in [0.05, 0.1) is 0 Å². The summed E-state index contributed by atoms with van der Waals surface area (Å²) in [7, 11) is 0. The van der Waals surface area contributed by atoms with Gasteiger partial charge in [0.25, 0.3) is 0 Å². The Morgan fingerprint density at radius 3 is 2.50 bits per heavy atom. The average Bonchev–Trinajstić information content (AvgIpc) is 3.02. The van der Waals surface area contributed by atoms with Crippen molar-refractivity contribution in [2.24, 2.45) is 0 Å². The van der Waals surface area contributed by atoms with Crippen molar-refractivity contribution in [3.63, 3.8) is 0 Å². The highest BCUT2D eigenvalue weighted by molar-refractivity contribution is 5.91. The number of aromatic nitrogens is 3. The third-order valence-corrected chi connectivity index (χ3v) is 4.14. The lowest BCUT2D eigenvalue weighted by molar-refractivity contribution is -0.116. The lowest BCUT2D eigenvalue weighted by Crippen LogP contribution is -2.20. The van der Waals surface area contributed by atoms with Crippen molar-refractivity contribution in [2.45, 2.75) is 13.5 Å². The zero-order chi connectivity index (χ0) is 17.9. The second-order valence-electron chi connectivity index (χ2n) is 6.12. The van der Waals surface area contributed by atoms with E-state index < -0.39 is 0 Å². The molecule has 5 heteroatoms. The summed E-state index contributed by atoms with van der Waals surface area (Å²) in [4.78, 5) is 16.9. The highest BCUT2D eigenvalue weighted by atomic mass is 16.2. The number of carbonyl (C=O) groups excluding carboxylic acids is 1. The summed E-state index contributed by atoms with van der Waals surface area (Å²) in [6.07, 6.45) is 0. The van der Waals surface area contributed by atoms with Crippen molar-refractivity contribution in [1.29, 1.82) is 0 Å². The van der Waals surface area contributed by atoms with Gasteiger partial charge in [0.1, 0.15) is 12.4 Å². The first-order chi connectivity index (χ1) is 12.7. The van der Waals surface area contributed by atoms with Crippen LogP contribution in [0.2, 0.25) is 0 Å². The molecule has 0 bridgehead atoms. The molecule has 0 unspecified atom stereocenters. The fraction of sp³-hybridized carbons (Fsp3) is 0.0952. The van der Waals surface area contributed by atoms with Crippen molar-refractivity contribution in [2.75, 3.05) is 5.32 Å². The Kier molecular flexibility index (Phi) is 4.19. The van der Waals surface area contributed by atoms with Gasteiger partial charge in [-0.15, -0.1) is 0 Å².